The minimum atomic E-state index is 0.564. The average Bonchev–Trinajstić information content (AvgIpc) is 2.65. The fourth-order valence-corrected chi connectivity index (χ4v) is 3.46. The second-order valence-corrected chi connectivity index (χ2v) is 6.43. The first-order chi connectivity index (χ1) is 8.70. The maximum atomic E-state index is 5.60. The topological polar surface area (TPSA) is 24.5 Å². The van der Waals surface area contributed by atoms with Crippen LogP contribution in [0.3, 0.4) is 0 Å². The molecule has 0 aromatic heterocycles. The molecule has 2 aliphatic heterocycles. The van der Waals surface area contributed by atoms with Crippen molar-refractivity contribution in [3.63, 3.8) is 0 Å². The van der Waals surface area contributed by atoms with Crippen LogP contribution in [0.15, 0.2) is 0 Å². The predicted molar refractivity (Wildman–Crippen MR) is 75.8 cm³/mol. The Bertz CT molecular complexity index is 245. The van der Waals surface area contributed by atoms with Gasteiger partial charge in [-0.25, -0.2) is 0 Å². The van der Waals surface area contributed by atoms with Gasteiger partial charge in [0.05, 0.1) is 13.2 Å². The molecule has 2 fully saturated rings. The summed E-state index contributed by atoms with van der Waals surface area (Å²) in [5, 5.41) is 3.39. The molecule has 2 heterocycles. The number of hydrogen-bond acceptors (Lipinski definition) is 3. The number of ether oxygens (including phenoxy) is 1. The van der Waals surface area contributed by atoms with E-state index in [4.69, 9.17) is 4.74 Å². The Hall–Kier alpha value is -0.120. The summed E-state index contributed by atoms with van der Waals surface area (Å²) in [6.45, 7) is 10.4. The summed E-state index contributed by atoms with van der Waals surface area (Å²) in [7, 11) is 2.06. The maximum Gasteiger partial charge on any atom is 0.0623 e. The predicted octanol–water partition coefficient (Wildman–Crippen LogP) is 1.98. The summed E-state index contributed by atoms with van der Waals surface area (Å²) in [6.07, 6.45) is 4.18. The molecule has 2 rings (SSSR count). The highest BCUT2D eigenvalue weighted by molar-refractivity contribution is 4.83. The zero-order valence-electron chi connectivity index (χ0n) is 12.3. The van der Waals surface area contributed by atoms with Gasteiger partial charge in [0, 0.05) is 18.5 Å². The molecule has 3 atom stereocenters. The van der Waals surface area contributed by atoms with E-state index in [1.165, 1.54) is 38.9 Å². The van der Waals surface area contributed by atoms with Crippen molar-refractivity contribution in [3.8, 4) is 0 Å². The van der Waals surface area contributed by atoms with Crippen molar-refractivity contribution in [2.75, 3.05) is 39.9 Å². The van der Waals surface area contributed by atoms with Crippen molar-refractivity contribution in [2.24, 2.45) is 17.8 Å². The first kappa shape index (κ1) is 14.3. The fraction of sp³-hybridized carbons (Fsp3) is 1.00. The first-order valence-corrected chi connectivity index (χ1v) is 7.68. The van der Waals surface area contributed by atoms with Gasteiger partial charge in [0.1, 0.15) is 0 Å². The van der Waals surface area contributed by atoms with Gasteiger partial charge in [-0.15, -0.1) is 0 Å². The van der Waals surface area contributed by atoms with Gasteiger partial charge in [0.15, 0.2) is 0 Å². The highest BCUT2D eigenvalue weighted by Crippen LogP contribution is 2.25. The molecule has 0 amide bonds. The Balaban J connectivity index is 1.79. The van der Waals surface area contributed by atoms with E-state index >= 15 is 0 Å². The zero-order valence-corrected chi connectivity index (χ0v) is 12.3. The lowest BCUT2D eigenvalue weighted by Crippen LogP contribution is -2.40. The van der Waals surface area contributed by atoms with E-state index in [-0.39, 0.29) is 0 Å². The fourth-order valence-electron chi connectivity index (χ4n) is 3.46. The minimum Gasteiger partial charge on any atom is -0.379 e. The SMILES string of the molecule is CNC1COCC1CN1CCCC(C(C)C)CC1. The quantitative estimate of drug-likeness (QED) is 0.830. The molecule has 3 unspecified atom stereocenters. The summed E-state index contributed by atoms with van der Waals surface area (Å²) >= 11 is 0. The third kappa shape index (κ3) is 3.69. The number of likely N-dealkylation sites (tertiary alicyclic amines) is 1. The molecule has 2 saturated heterocycles. The van der Waals surface area contributed by atoms with Gasteiger partial charge in [-0.05, 0) is 51.2 Å². The number of hydrogen-bond donors (Lipinski definition) is 1. The van der Waals surface area contributed by atoms with Crippen LogP contribution in [-0.4, -0.2) is 50.8 Å². The summed E-state index contributed by atoms with van der Waals surface area (Å²) in [4.78, 5) is 2.67. The second kappa shape index (κ2) is 6.88. The smallest absolute Gasteiger partial charge is 0.0623 e. The third-order valence-electron chi connectivity index (χ3n) is 4.87. The van der Waals surface area contributed by atoms with Crippen molar-refractivity contribution in [1.29, 1.82) is 0 Å². The summed E-state index contributed by atoms with van der Waals surface area (Å²) < 4.78 is 5.60. The van der Waals surface area contributed by atoms with Crippen molar-refractivity contribution < 1.29 is 4.74 Å². The lowest BCUT2D eigenvalue weighted by Gasteiger charge is -2.26. The highest BCUT2D eigenvalue weighted by Gasteiger charge is 2.29. The molecular weight excluding hydrogens is 224 g/mol. The lowest BCUT2D eigenvalue weighted by atomic mass is 9.89. The third-order valence-corrected chi connectivity index (χ3v) is 4.87. The zero-order chi connectivity index (χ0) is 13.0. The van der Waals surface area contributed by atoms with Crippen LogP contribution in [0, 0.1) is 17.8 Å². The Morgan fingerprint density at radius 2 is 2.06 bits per heavy atom. The van der Waals surface area contributed by atoms with Crippen LogP contribution in [0.4, 0.5) is 0 Å². The van der Waals surface area contributed by atoms with Gasteiger partial charge in [0.2, 0.25) is 0 Å². The van der Waals surface area contributed by atoms with Gasteiger partial charge in [0.25, 0.3) is 0 Å². The van der Waals surface area contributed by atoms with E-state index < -0.39 is 0 Å². The van der Waals surface area contributed by atoms with E-state index in [1.807, 2.05) is 0 Å². The van der Waals surface area contributed by atoms with E-state index in [0.29, 0.717) is 12.0 Å². The summed E-state index contributed by atoms with van der Waals surface area (Å²) in [5.74, 6) is 2.48. The minimum absolute atomic E-state index is 0.564. The molecule has 0 bridgehead atoms. The van der Waals surface area contributed by atoms with Crippen LogP contribution in [0.25, 0.3) is 0 Å². The van der Waals surface area contributed by atoms with Gasteiger partial charge in [-0.3, -0.25) is 0 Å². The van der Waals surface area contributed by atoms with Gasteiger partial charge in [-0.1, -0.05) is 13.8 Å². The lowest BCUT2D eigenvalue weighted by molar-refractivity contribution is 0.167. The molecule has 3 nitrogen and oxygen atoms in total. The maximum absolute atomic E-state index is 5.60. The molecule has 3 heteroatoms. The Morgan fingerprint density at radius 3 is 2.78 bits per heavy atom. The Kier molecular flexibility index (Phi) is 5.46. The molecular formula is C15H30N2O. The molecule has 0 radical (unpaired) electrons. The van der Waals surface area contributed by atoms with E-state index in [1.54, 1.807) is 0 Å². The average molecular weight is 254 g/mol. The molecule has 0 aliphatic carbocycles. The van der Waals surface area contributed by atoms with Crippen LogP contribution in [0.1, 0.15) is 33.1 Å². The molecule has 0 spiro atoms. The Labute approximate surface area is 112 Å². The molecule has 18 heavy (non-hydrogen) atoms. The molecule has 2 aliphatic rings. The van der Waals surface area contributed by atoms with Gasteiger partial charge in [-0.2, -0.15) is 0 Å². The van der Waals surface area contributed by atoms with Crippen LogP contribution < -0.4 is 5.32 Å². The van der Waals surface area contributed by atoms with E-state index in [9.17, 15) is 0 Å². The molecule has 0 saturated carbocycles. The monoisotopic (exact) mass is 254 g/mol. The summed E-state index contributed by atoms with van der Waals surface area (Å²) in [6, 6.07) is 0.564. The number of likely N-dealkylation sites (N-methyl/N-ethyl adjacent to an activating group) is 1. The van der Waals surface area contributed by atoms with Gasteiger partial charge >= 0.3 is 0 Å². The largest absolute Gasteiger partial charge is 0.379 e. The van der Waals surface area contributed by atoms with Crippen molar-refractivity contribution in [1.82, 2.24) is 10.2 Å². The standard InChI is InChI=1S/C15H30N2O/c1-12(2)13-5-4-7-17(8-6-13)9-14-10-18-11-15(14)16-3/h12-16H,4-11H2,1-3H3. The molecule has 1 N–H and O–H groups in total. The van der Waals surface area contributed by atoms with E-state index in [2.05, 4.69) is 31.1 Å². The second-order valence-electron chi connectivity index (χ2n) is 6.43. The van der Waals surface area contributed by atoms with E-state index in [0.717, 1.165) is 25.0 Å². The Morgan fingerprint density at radius 1 is 1.22 bits per heavy atom. The van der Waals surface area contributed by atoms with Crippen LogP contribution in [0.2, 0.25) is 0 Å². The number of nitrogens with zero attached hydrogens (tertiary/aromatic N) is 1. The van der Waals surface area contributed by atoms with Gasteiger partial charge < -0.3 is 15.0 Å². The van der Waals surface area contributed by atoms with Crippen molar-refractivity contribution in [2.45, 2.75) is 39.2 Å². The molecule has 106 valence electrons. The summed E-state index contributed by atoms with van der Waals surface area (Å²) in [5.41, 5.74) is 0. The highest BCUT2D eigenvalue weighted by atomic mass is 16.5. The van der Waals surface area contributed by atoms with Crippen LogP contribution in [0.5, 0.6) is 0 Å². The first-order valence-electron chi connectivity index (χ1n) is 7.68. The molecule has 0 aromatic rings. The van der Waals surface area contributed by atoms with Crippen LogP contribution >= 0.6 is 0 Å². The van der Waals surface area contributed by atoms with Crippen molar-refractivity contribution >= 4 is 0 Å². The normalized spacial score (nSPS) is 35.0. The number of rotatable bonds is 4. The number of nitrogens with one attached hydrogen (secondary N) is 1. The van der Waals surface area contributed by atoms with Crippen LogP contribution in [-0.2, 0) is 4.74 Å². The van der Waals surface area contributed by atoms with Crippen molar-refractivity contribution in [3.05, 3.63) is 0 Å². The molecule has 0 aromatic carbocycles.